The second-order valence-electron chi connectivity index (χ2n) is 7.90. The van der Waals surface area contributed by atoms with E-state index in [0.29, 0.717) is 5.11 Å². The number of nitrogens with zero attached hydrogens (tertiary/aromatic N) is 1. The number of hydrogen-bond acceptors (Lipinski definition) is 2. The zero-order chi connectivity index (χ0) is 19.4. The van der Waals surface area contributed by atoms with Crippen molar-refractivity contribution < 1.29 is 0 Å². The number of aryl methyl sites for hydroxylation is 2. The largest absolute Gasteiger partial charge is 0.371 e. The molecule has 0 bridgehead atoms. The van der Waals surface area contributed by atoms with Crippen molar-refractivity contribution in [1.82, 2.24) is 5.32 Å². The van der Waals surface area contributed by atoms with Crippen LogP contribution in [0.15, 0.2) is 42.5 Å². The summed E-state index contributed by atoms with van der Waals surface area (Å²) < 4.78 is 0. The summed E-state index contributed by atoms with van der Waals surface area (Å²) in [5, 5.41) is 7.33. The lowest BCUT2D eigenvalue weighted by Gasteiger charge is -2.33. The molecule has 0 amide bonds. The number of thiocarbonyl (C=S) groups is 1. The molecule has 3 rings (SSSR count). The molecule has 3 nitrogen and oxygen atoms in total. The molecule has 2 N–H and O–H groups in total. The smallest absolute Gasteiger partial charge is 0.171 e. The van der Waals surface area contributed by atoms with Crippen molar-refractivity contribution >= 4 is 28.7 Å². The second-order valence-corrected chi connectivity index (χ2v) is 8.31. The monoisotopic (exact) mass is 381 g/mol. The van der Waals surface area contributed by atoms with Gasteiger partial charge in [-0.3, -0.25) is 0 Å². The van der Waals surface area contributed by atoms with Gasteiger partial charge in [0.15, 0.2) is 5.11 Å². The summed E-state index contributed by atoms with van der Waals surface area (Å²) in [4.78, 5) is 2.50. The average molecular weight is 382 g/mol. The van der Waals surface area contributed by atoms with Crippen LogP contribution in [0.1, 0.15) is 49.4 Å². The highest BCUT2D eigenvalue weighted by Crippen LogP contribution is 2.24. The molecule has 144 valence electrons. The molecule has 2 atom stereocenters. The molecule has 2 aromatic carbocycles. The molecular weight excluding hydrogens is 350 g/mol. The van der Waals surface area contributed by atoms with Gasteiger partial charge in [0.05, 0.1) is 6.04 Å². The van der Waals surface area contributed by atoms with Gasteiger partial charge in [0.1, 0.15) is 0 Å². The summed E-state index contributed by atoms with van der Waals surface area (Å²) >= 11 is 5.50. The number of benzene rings is 2. The number of nitrogens with one attached hydrogen (secondary N) is 2. The first kappa shape index (κ1) is 19.7. The number of hydrogen-bond donors (Lipinski definition) is 2. The van der Waals surface area contributed by atoms with Crippen molar-refractivity contribution in [2.24, 2.45) is 5.92 Å². The van der Waals surface area contributed by atoms with Crippen molar-refractivity contribution in [2.45, 2.75) is 46.6 Å². The first-order valence-corrected chi connectivity index (χ1v) is 10.3. The fourth-order valence-electron chi connectivity index (χ4n) is 3.66. The fourth-order valence-corrected chi connectivity index (χ4v) is 3.96. The van der Waals surface area contributed by atoms with Gasteiger partial charge in [-0.1, -0.05) is 25.1 Å². The molecule has 1 aliphatic rings. The zero-order valence-electron chi connectivity index (χ0n) is 16.9. The predicted octanol–water partition coefficient (Wildman–Crippen LogP) is 5.59. The quantitative estimate of drug-likeness (QED) is 0.675. The lowest BCUT2D eigenvalue weighted by molar-refractivity contribution is 0.447. The third-order valence-electron chi connectivity index (χ3n) is 5.53. The Hall–Kier alpha value is -2.07. The van der Waals surface area contributed by atoms with E-state index < -0.39 is 0 Å². The Balaban J connectivity index is 1.57. The predicted molar refractivity (Wildman–Crippen MR) is 121 cm³/mol. The van der Waals surface area contributed by atoms with Crippen LogP contribution in [0.25, 0.3) is 0 Å². The molecule has 1 fully saturated rings. The Kier molecular flexibility index (Phi) is 6.38. The van der Waals surface area contributed by atoms with Gasteiger partial charge in [0.2, 0.25) is 0 Å². The molecule has 27 heavy (non-hydrogen) atoms. The van der Waals surface area contributed by atoms with Crippen LogP contribution < -0.4 is 15.5 Å². The zero-order valence-corrected chi connectivity index (χ0v) is 17.7. The number of piperidine rings is 1. The molecule has 1 heterocycles. The molecule has 0 radical (unpaired) electrons. The molecule has 0 aromatic heterocycles. The summed E-state index contributed by atoms with van der Waals surface area (Å²) in [5.41, 5.74) is 6.15. The fraction of sp³-hybridized carbons (Fsp3) is 0.435. The second kappa shape index (κ2) is 8.75. The highest BCUT2D eigenvalue weighted by atomic mass is 32.1. The molecule has 4 heteroatoms. The minimum Gasteiger partial charge on any atom is -0.371 e. The SMILES string of the molecule is Cc1ccc(NC(=S)NC(C)c2ccc(N3CCCC(C)C3)cc2)cc1C. The summed E-state index contributed by atoms with van der Waals surface area (Å²) in [5.74, 6) is 0.785. The number of rotatable bonds is 4. The summed E-state index contributed by atoms with van der Waals surface area (Å²) in [6, 6.07) is 15.4. The maximum atomic E-state index is 5.50. The first-order chi connectivity index (χ1) is 12.9. The van der Waals surface area contributed by atoms with E-state index in [4.69, 9.17) is 12.2 Å². The van der Waals surface area contributed by atoms with Crippen LogP contribution in [-0.4, -0.2) is 18.2 Å². The minimum absolute atomic E-state index is 0.158. The van der Waals surface area contributed by atoms with Crippen LogP contribution >= 0.6 is 12.2 Å². The van der Waals surface area contributed by atoms with E-state index in [2.05, 4.69) is 85.7 Å². The van der Waals surface area contributed by atoms with Crippen molar-refractivity contribution in [3.63, 3.8) is 0 Å². The van der Waals surface area contributed by atoms with Crippen molar-refractivity contribution in [2.75, 3.05) is 23.3 Å². The molecule has 2 aromatic rings. The Morgan fingerprint density at radius 3 is 2.52 bits per heavy atom. The standard InChI is InChI=1S/C23H31N3S/c1-16-6-5-13-26(15-16)22-11-8-20(9-12-22)19(4)24-23(27)25-21-10-7-17(2)18(3)14-21/h7-12,14,16,19H,5-6,13,15H2,1-4H3,(H2,24,25,27). The number of anilines is 2. The molecule has 0 saturated carbocycles. The third kappa shape index (κ3) is 5.23. The van der Waals surface area contributed by atoms with E-state index in [1.807, 2.05) is 0 Å². The van der Waals surface area contributed by atoms with Crippen LogP contribution in [0.5, 0.6) is 0 Å². The van der Waals surface area contributed by atoms with Crippen molar-refractivity contribution in [3.8, 4) is 0 Å². The summed E-state index contributed by atoms with van der Waals surface area (Å²) in [7, 11) is 0. The average Bonchev–Trinajstić information content (AvgIpc) is 2.65. The van der Waals surface area contributed by atoms with Crippen LogP contribution in [0.2, 0.25) is 0 Å². The minimum atomic E-state index is 0.158. The lowest BCUT2D eigenvalue weighted by Crippen LogP contribution is -2.34. The van der Waals surface area contributed by atoms with Crippen LogP contribution in [0.4, 0.5) is 11.4 Å². The highest BCUT2D eigenvalue weighted by molar-refractivity contribution is 7.80. The topological polar surface area (TPSA) is 27.3 Å². The van der Waals surface area contributed by atoms with Crippen LogP contribution in [-0.2, 0) is 0 Å². The Morgan fingerprint density at radius 2 is 1.85 bits per heavy atom. The van der Waals surface area contributed by atoms with Crippen LogP contribution in [0, 0.1) is 19.8 Å². The summed E-state index contributed by atoms with van der Waals surface area (Å²) in [6.45, 7) is 11.1. The first-order valence-electron chi connectivity index (χ1n) is 9.92. The van der Waals surface area contributed by atoms with E-state index in [0.717, 1.165) is 18.2 Å². The lowest BCUT2D eigenvalue weighted by atomic mass is 9.99. The molecule has 1 aliphatic heterocycles. The van der Waals surface area contributed by atoms with Gasteiger partial charge in [-0.15, -0.1) is 0 Å². The maximum absolute atomic E-state index is 5.50. The molecule has 0 spiro atoms. The Bertz CT molecular complexity index is 785. The van der Waals surface area contributed by atoms with E-state index in [9.17, 15) is 0 Å². The molecular formula is C23H31N3S. The van der Waals surface area contributed by atoms with Crippen LogP contribution in [0.3, 0.4) is 0 Å². The normalized spacial score (nSPS) is 18.1. The van der Waals surface area contributed by atoms with Gasteiger partial charge in [-0.05, 0) is 92.7 Å². The van der Waals surface area contributed by atoms with E-state index in [1.54, 1.807) is 0 Å². The van der Waals surface area contributed by atoms with Gasteiger partial charge in [-0.25, -0.2) is 0 Å². The molecule has 0 aliphatic carbocycles. The van der Waals surface area contributed by atoms with E-state index in [1.165, 1.54) is 41.8 Å². The Morgan fingerprint density at radius 1 is 1.11 bits per heavy atom. The van der Waals surface area contributed by atoms with Crippen molar-refractivity contribution in [1.29, 1.82) is 0 Å². The van der Waals surface area contributed by atoms with E-state index in [-0.39, 0.29) is 6.04 Å². The molecule has 1 saturated heterocycles. The van der Waals surface area contributed by atoms with Gasteiger partial charge in [0.25, 0.3) is 0 Å². The van der Waals surface area contributed by atoms with Crippen molar-refractivity contribution in [3.05, 3.63) is 59.2 Å². The van der Waals surface area contributed by atoms with Gasteiger partial charge in [-0.2, -0.15) is 0 Å². The van der Waals surface area contributed by atoms with Gasteiger partial charge >= 0.3 is 0 Å². The molecule has 2 unspecified atom stereocenters. The highest BCUT2D eigenvalue weighted by Gasteiger charge is 2.17. The van der Waals surface area contributed by atoms with E-state index >= 15 is 0 Å². The van der Waals surface area contributed by atoms with Gasteiger partial charge in [0, 0.05) is 24.5 Å². The summed E-state index contributed by atoms with van der Waals surface area (Å²) in [6.07, 6.45) is 2.64. The third-order valence-corrected chi connectivity index (χ3v) is 5.75. The Labute approximate surface area is 169 Å². The van der Waals surface area contributed by atoms with Gasteiger partial charge < -0.3 is 15.5 Å². The maximum Gasteiger partial charge on any atom is 0.171 e.